The van der Waals surface area contributed by atoms with E-state index < -0.39 is 0 Å². The van der Waals surface area contributed by atoms with Gasteiger partial charge in [0, 0.05) is 13.1 Å². The maximum atomic E-state index is 5.93. The summed E-state index contributed by atoms with van der Waals surface area (Å²) in [5, 5.41) is 0.606. The third-order valence-corrected chi connectivity index (χ3v) is 3.56. The van der Waals surface area contributed by atoms with Crippen molar-refractivity contribution < 1.29 is 4.74 Å². The first-order valence-corrected chi connectivity index (χ1v) is 7.07. The Hall–Kier alpha value is -1.52. The van der Waals surface area contributed by atoms with Gasteiger partial charge in [0.05, 0.1) is 6.20 Å². The first kappa shape index (κ1) is 14.9. The molecular weight excluding hydrogens is 274 g/mol. The van der Waals surface area contributed by atoms with Gasteiger partial charge in [-0.15, -0.1) is 0 Å². The number of rotatable bonds is 6. The number of aryl methyl sites for hydroxylation is 1. The highest BCUT2D eigenvalue weighted by molar-refractivity contribution is 6.29. The quantitative estimate of drug-likeness (QED) is 0.891. The molecule has 0 aliphatic carbocycles. The molecule has 0 saturated carbocycles. The number of halogens is 1. The van der Waals surface area contributed by atoms with Gasteiger partial charge in [-0.2, -0.15) is 0 Å². The second-order valence-corrected chi connectivity index (χ2v) is 5.39. The van der Waals surface area contributed by atoms with E-state index in [0.717, 1.165) is 24.4 Å². The van der Waals surface area contributed by atoms with Crippen molar-refractivity contribution in [3.05, 3.63) is 47.0 Å². The summed E-state index contributed by atoms with van der Waals surface area (Å²) in [6, 6.07) is 8.33. The highest BCUT2D eigenvalue weighted by Crippen LogP contribution is 2.16. The van der Waals surface area contributed by atoms with Gasteiger partial charge in [0.25, 0.3) is 0 Å². The third kappa shape index (κ3) is 3.99. The summed E-state index contributed by atoms with van der Waals surface area (Å²) in [4.78, 5) is 4.19. The van der Waals surface area contributed by atoms with Gasteiger partial charge in [-0.1, -0.05) is 23.7 Å². The van der Waals surface area contributed by atoms with Crippen LogP contribution in [0.4, 0.5) is 0 Å². The van der Waals surface area contributed by atoms with Crippen molar-refractivity contribution in [3.8, 4) is 5.75 Å². The fourth-order valence-electron chi connectivity index (χ4n) is 1.85. The predicted molar refractivity (Wildman–Crippen MR) is 81.0 cm³/mol. The Labute approximate surface area is 124 Å². The molecule has 1 unspecified atom stereocenters. The summed E-state index contributed by atoms with van der Waals surface area (Å²) in [5.41, 5.74) is 7.03. The smallest absolute Gasteiger partial charge is 0.147 e. The standard InChI is InChI=1S/C15H20ClN3O/c1-11(17)3-4-12-5-7-13(8-6-12)20-10-15-18-9-14(16)19(15)2/h5-9,11H,3-4,10,17H2,1-2H3. The zero-order valence-electron chi connectivity index (χ0n) is 11.8. The topological polar surface area (TPSA) is 53.1 Å². The Morgan fingerprint density at radius 3 is 2.60 bits per heavy atom. The molecule has 0 saturated heterocycles. The normalized spacial score (nSPS) is 12.4. The van der Waals surface area contributed by atoms with Crippen LogP contribution in [-0.2, 0) is 20.1 Å². The molecule has 2 aromatic rings. The minimum absolute atomic E-state index is 0.235. The van der Waals surface area contributed by atoms with Crippen LogP contribution in [-0.4, -0.2) is 15.6 Å². The lowest BCUT2D eigenvalue weighted by atomic mass is 10.1. The van der Waals surface area contributed by atoms with E-state index in [1.54, 1.807) is 10.8 Å². The molecular formula is C15H20ClN3O. The summed E-state index contributed by atoms with van der Waals surface area (Å²) in [6.07, 6.45) is 3.61. The van der Waals surface area contributed by atoms with Gasteiger partial charge < -0.3 is 15.0 Å². The predicted octanol–water partition coefficient (Wildman–Crippen LogP) is 2.93. The molecule has 5 heteroatoms. The molecule has 1 aromatic carbocycles. The van der Waals surface area contributed by atoms with E-state index >= 15 is 0 Å². The van der Waals surface area contributed by atoms with Crippen LogP contribution in [0.5, 0.6) is 5.75 Å². The van der Waals surface area contributed by atoms with Crippen LogP contribution in [0.2, 0.25) is 5.15 Å². The molecule has 1 atom stereocenters. The summed E-state index contributed by atoms with van der Waals surface area (Å²) in [5.74, 6) is 1.63. The third-order valence-electron chi connectivity index (χ3n) is 3.21. The van der Waals surface area contributed by atoms with Gasteiger partial charge in [0.1, 0.15) is 23.3 Å². The Morgan fingerprint density at radius 2 is 2.05 bits per heavy atom. The Balaban J connectivity index is 1.89. The van der Waals surface area contributed by atoms with Crippen molar-refractivity contribution in [2.75, 3.05) is 0 Å². The molecule has 0 aliphatic rings. The summed E-state index contributed by atoms with van der Waals surface area (Å²) in [7, 11) is 1.87. The van der Waals surface area contributed by atoms with Gasteiger partial charge in [0.2, 0.25) is 0 Å². The first-order chi connectivity index (χ1) is 9.56. The molecule has 0 aliphatic heterocycles. The average molecular weight is 294 g/mol. The van der Waals surface area contributed by atoms with Gasteiger partial charge in [-0.25, -0.2) is 4.98 Å². The fourth-order valence-corrected chi connectivity index (χ4v) is 2.00. The van der Waals surface area contributed by atoms with Crippen molar-refractivity contribution in [2.24, 2.45) is 12.8 Å². The SMILES string of the molecule is CC(N)CCc1ccc(OCc2ncc(Cl)n2C)cc1. The van der Waals surface area contributed by atoms with Crippen LogP contribution >= 0.6 is 11.6 Å². The minimum atomic E-state index is 0.235. The van der Waals surface area contributed by atoms with E-state index in [1.165, 1.54) is 5.56 Å². The average Bonchev–Trinajstić information content (AvgIpc) is 2.75. The van der Waals surface area contributed by atoms with Gasteiger partial charge in [0.15, 0.2) is 0 Å². The van der Waals surface area contributed by atoms with Crippen molar-refractivity contribution in [1.82, 2.24) is 9.55 Å². The van der Waals surface area contributed by atoms with Crippen molar-refractivity contribution in [3.63, 3.8) is 0 Å². The molecule has 1 aromatic heterocycles. The molecule has 1 heterocycles. The van der Waals surface area contributed by atoms with E-state index in [-0.39, 0.29) is 6.04 Å². The zero-order chi connectivity index (χ0) is 14.5. The van der Waals surface area contributed by atoms with Crippen LogP contribution in [0.25, 0.3) is 0 Å². The number of ether oxygens (including phenoxy) is 1. The lowest BCUT2D eigenvalue weighted by molar-refractivity contribution is 0.292. The first-order valence-electron chi connectivity index (χ1n) is 6.69. The van der Waals surface area contributed by atoms with E-state index in [4.69, 9.17) is 22.1 Å². The zero-order valence-corrected chi connectivity index (χ0v) is 12.6. The summed E-state index contributed by atoms with van der Waals surface area (Å²) >= 11 is 5.93. The number of benzene rings is 1. The highest BCUT2D eigenvalue weighted by atomic mass is 35.5. The maximum absolute atomic E-state index is 5.93. The fraction of sp³-hybridized carbons (Fsp3) is 0.400. The Kier molecular flexibility index (Phi) is 5.04. The van der Waals surface area contributed by atoms with Crippen molar-refractivity contribution in [2.45, 2.75) is 32.4 Å². The Bertz CT molecular complexity index is 549. The van der Waals surface area contributed by atoms with Gasteiger partial charge in [-0.3, -0.25) is 0 Å². The van der Waals surface area contributed by atoms with E-state index in [9.17, 15) is 0 Å². The van der Waals surface area contributed by atoms with Crippen LogP contribution in [0.3, 0.4) is 0 Å². The van der Waals surface area contributed by atoms with Crippen molar-refractivity contribution in [1.29, 1.82) is 0 Å². The molecule has 2 N–H and O–H groups in total. The molecule has 20 heavy (non-hydrogen) atoms. The molecule has 2 rings (SSSR count). The number of hydrogen-bond donors (Lipinski definition) is 1. The largest absolute Gasteiger partial charge is 0.486 e. The van der Waals surface area contributed by atoms with Crippen LogP contribution in [0.1, 0.15) is 24.7 Å². The number of nitrogens with zero attached hydrogens (tertiary/aromatic N) is 2. The lowest BCUT2D eigenvalue weighted by Crippen LogP contribution is -2.15. The second kappa shape index (κ2) is 6.77. The summed E-state index contributed by atoms with van der Waals surface area (Å²) < 4.78 is 7.50. The monoisotopic (exact) mass is 293 g/mol. The second-order valence-electron chi connectivity index (χ2n) is 5.00. The molecule has 4 nitrogen and oxygen atoms in total. The molecule has 0 spiro atoms. The van der Waals surface area contributed by atoms with E-state index in [2.05, 4.69) is 17.1 Å². The van der Waals surface area contributed by atoms with Crippen LogP contribution in [0, 0.1) is 0 Å². The molecule has 108 valence electrons. The minimum Gasteiger partial charge on any atom is -0.486 e. The Morgan fingerprint density at radius 1 is 1.35 bits per heavy atom. The summed E-state index contributed by atoms with van der Waals surface area (Å²) in [6.45, 7) is 2.43. The van der Waals surface area contributed by atoms with E-state index in [0.29, 0.717) is 11.8 Å². The number of imidazole rings is 1. The molecule has 0 bridgehead atoms. The van der Waals surface area contributed by atoms with Gasteiger partial charge in [-0.05, 0) is 37.5 Å². The number of nitrogens with two attached hydrogens (primary N) is 1. The molecule has 0 amide bonds. The maximum Gasteiger partial charge on any atom is 0.147 e. The van der Waals surface area contributed by atoms with Crippen molar-refractivity contribution >= 4 is 11.6 Å². The number of aromatic nitrogens is 2. The van der Waals surface area contributed by atoms with E-state index in [1.807, 2.05) is 26.1 Å². The molecule has 0 radical (unpaired) electrons. The van der Waals surface area contributed by atoms with Crippen LogP contribution in [0.15, 0.2) is 30.5 Å². The highest BCUT2D eigenvalue weighted by Gasteiger charge is 2.05. The lowest BCUT2D eigenvalue weighted by Gasteiger charge is -2.08. The van der Waals surface area contributed by atoms with Crippen LogP contribution < -0.4 is 10.5 Å². The number of hydrogen-bond acceptors (Lipinski definition) is 3. The van der Waals surface area contributed by atoms with Gasteiger partial charge >= 0.3 is 0 Å². The molecule has 0 fully saturated rings.